The third-order valence-electron chi connectivity index (χ3n) is 2.76. The number of hydrogen-bond acceptors (Lipinski definition) is 4. The average Bonchev–Trinajstić information content (AvgIpc) is 2.66. The molecule has 0 saturated carbocycles. The summed E-state index contributed by atoms with van der Waals surface area (Å²) < 4.78 is 19.6. The first kappa shape index (κ1) is 16.4. The fourth-order valence-electron chi connectivity index (χ4n) is 1.74. The quantitative estimate of drug-likeness (QED) is 0.884. The van der Waals surface area contributed by atoms with E-state index in [4.69, 9.17) is 10.5 Å². The number of benzene rings is 1. The molecule has 1 aromatic carbocycles. The van der Waals surface area contributed by atoms with Crippen molar-refractivity contribution < 1.29 is 13.9 Å². The second-order valence-corrected chi connectivity index (χ2v) is 4.18. The summed E-state index contributed by atoms with van der Waals surface area (Å²) in [5.41, 5.74) is 6.80. The van der Waals surface area contributed by atoms with Crippen LogP contribution in [0.15, 0.2) is 18.2 Å². The number of methoxy groups -OCH3 is 1. The average molecular weight is 303 g/mol. The van der Waals surface area contributed by atoms with Gasteiger partial charge >= 0.3 is 0 Å². The molecule has 2 rings (SSSR count). The smallest absolute Gasteiger partial charge is 0.245 e. The Morgan fingerprint density at radius 3 is 2.95 bits per heavy atom. The molecule has 0 spiro atoms. The van der Waals surface area contributed by atoms with Gasteiger partial charge in [0.1, 0.15) is 11.9 Å². The fraction of sp³-hybridized carbons (Fsp3) is 0.333. The lowest BCUT2D eigenvalue weighted by molar-refractivity contribution is -0.118. The van der Waals surface area contributed by atoms with Crippen molar-refractivity contribution in [2.45, 2.75) is 6.04 Å². The van der Waals surface area contributed by atoms with Gasteiger partial charge in [0.15, 0.2) is 0 Å². The molecule has 0 aliphatic carbocycles. The van der Waals surface area contributed by atoms with E-state index in [-0.39, 0.29) is 24.8 Å². The summed E-state index contributed by atoms with van der Waals surface area (Å²) in [4.78, 5) is 15.9. The lowest BCUT2D eigenvalue weighted by atomic mass is 10.3. The summed E-state index contributed by atoms with van der Waals surface area (Å²) in [6.07, 6.45) is 0. The summed E-state index contributed by atoms with van der Waals surface area (Å²) in [5, 5.41) is 2.59. The minimum Gasteiger partial charge on any atom is -0.383 e. The molecule has 0 aliphatic rings. The van der Waals surface area contributed by atoms with E-state index in [1.807, 2.05) is 0 Å². The van der Waals surface area contributed by atoms with Gasteiger partial charge in [-0.3, -0.25) is 10.1 Å². The molecule has 0 saturated heterocycles. The Morgan fingerprint density at radius 1 is 1.60 bits per heavy atom. The van der Waals surface area contributed by atoms with Gasteiger partial charge in [0.25, 0.3) is 0 Å². The minimum atomic E-state index is -0.776. The molecular formula is C12H16ClFN4O2. The van der Waals surface area contributed by atoms with Crippen LogP contribution in [0.25, 0.3) is 11.0 Å². The number of imidazole rings is 1. The van der Waals surface area contributed by atoms with Crippen LogP contribution in [-0.4, -0.2) is 35.2 Å². The van der Waals surface area contributed by atoms with Crippen LogP contribution in [0.2, 0.25) is 0 Å². The first-order valence-electron chi connectivity index (χ1n) is 5.70. The number of hydrogen-bond donors (Lipinski definition) is 2. The van der Waals surface area contributed by atoms with Crippen molar-refractivity contribution in [3.63, 3.8) is 0 Å². The molecule has 6 nitrogen and oxygen atoms in total. The number of amides is 1. The standard InChI is InChI=1S/C12H15FN4O2.ClH/c1-17-10-4-3-7(13)5-9(10)15-12(17)16-11(18)8(14)6-19-2;/h3-5,8H,6,14H2,1-2H3,(H,15,16,18);1H. The van der Waals surface area contributed by atoms with Crippen LogP contribution in [0, 0.1) is 5.82 Å². The molecule has 8 heteroatoms. The second-order valence-electron chi connectivity index (χ2n) is 4.18. The van der Waals surface area contributed by atoms with Crippen LogP contribution in [0.1, 0.15) is 0 Å². The van der Waals surface area contributed by atoms with Crippen molar-refractivity contribution in [2.75, 3.05) is 19.0 Å². The summed E-state index contributed by atoms with van der Waals surface area (Å²) in [6, 6.07) is 3.47. The minimum absolute atomic E-state index is 0. The molecule has 1 heterocycles. The van der Waals surface area contributed by atoms with E-state index in [2.05, 4.69) is 10.3 Å². The fourth-order valence-corrected chi connectivity index (χ4v) is 1.74. The number of fused-ring (bicyclic) bond motifs is 1. The van der Waals surface area contributed by atoms with Gasteiger partial charge in [0.2, 0.25) is 11.9 Å². The van der Waals surface area contributed by atoms with Crippen molar-refractivity contribution in [2.24, 2.45) is 12.8 Å². The van der Waals surface area contributed by atoms with Gasteiger partial charge in [-0.25, -0.2) is 9.37 Å². The third-order valence-corrected chi connectivity index (χ3v) is 2.76. The highest BCUT2D eigenvalue weighted by molar-refractivity contribution is 5.95. The van der Waals surface area contributed by atoms with Gasteiger partial charge < -0.3 is 15.0 Å². The Labute approximate surface area is 121 Å². The monoisotopic (exact) mass is 302 g/mol. The van der Waals surface area contributed by atoms with E-state index in [1.54, 1.807) is 17.7 Å². The molecule has 1 unspecified atom stereocenters. The van der Waals surface area contributed by atoms with E-state index in [9.17, 15) is 9.18 Å². The second kappa shape index (κ2) is 6.65. The largest absolute Gasteiger partial charge is 0.383 e. The zero-order valence-electron chi connectivity index (χ0n) is 11.1. The van der Waals surface area contributed by atoms with E-state index in [0.29, 0.717) is 11.5 Å². The Bertz CT molecular complexity index is 617. The lowest BCUT2D eigenvalue weighted by Gasteiger charge is -2.10. The highest BCUT2D eigenvalue weighted by Gasteiger charge is 2.16. The molecular weight excluding hydrogens is 287 g/mol. The van der Waals surface area contributed by atoms with E-state index in [0.717, 1.165) is 5.52 Å². The molecule has 1 amide bonds. The van der Waals surface area contributed by atoms with Crippen LogP contribution >= 0.6 is 12.4 Å². The van der Waals surface area contributed by atoms with Crippen LogP contribution in [0.3, 0.4) is 0 Å². The SMILES string of the molecule is COCC(N)C(=O)Nc1nc2cc(F)ccc2n1C.Cl. The van der Waals surface area contributed by atoms with Crippen molar-refractivity contribution in [3.8, 4) is 0 Å². The van der Waals surface area contributed by atoms with E-state index in [1.165, 1.54) is 19.2 Å². The first-order valence-corrected chi connectivity index (χ1v) is 5.70. The van der Waals surface area contributed by atoms with Crippen LogP contribution in [0.5, 0.6) is 0 Å². The number of nitrogens with zero attached hydrogens (tertiary/aromatic N) is 2. The molecule has 3 N–H and O–H groups in total. The van der Waals surface area contributed by atoms with Crippen molar-refractivity contribution in [1.82, 2.24) is 9.55 Å². The number of carbonyl (C=O) groups excluding carboxylic acids is 1. The number of halogens is 2. The van der Waals surface area contributed by atoms with E-state index >= 15 is 0 Å². The predicted molar refractivity (Wildman–Crippen MR) is 76.4 cm³/mol. The maximum absolute atomic E-state index is 13.1. The van der Waals surface area contributed by atoms with Crippen molar-refractivity contribution in [1.29, 1.82) is 0 Å². The predicted octanol–water partition coefficient (Wildman–Crippen LogP) is 1.05. The van der Waals surface area contributed by atoms with Gasteiger partial charge in [-0.15, -0.1) is 12.4 Å². The highest BCUT2D eigenvalue weighted by atomic mass is 35.5. The number of carbonyl (C=O) groups is 1. The van der Waals surface area contributed by atoms with Crippen molar-refractivity contribution in [3.05, 3.63) is 24.0 Å². The van der Waals surface area contributed by atoms with Crippen LogP contribution in [0.4, 0.5) is 10.3 Å². The van der Waals surface area contributed by atoms with E-state index < -0.39 is 11.9 Å². The molecule has 110 valence electrons. The summed E-state index contributed by atoms with van der Waals surface area (Å²) in [7, 11) is 3.19. The molecule has 1 aromatic heterocycles. The Morgan fingerprint density at radius 2 is 2.30 bits per heavy atom. The molecule has 0 bridgehead atoms. The number of nitrogens with two attached hydrogens (primary N) is 1. The van der Waals surface area contributed by atoms with Gasteiger partial charge in [-0.05, 0) is 12.1 Å². The third kappa shape index (κ3) is 3.24. The molecule has 1 atom stereocenters. The highest BCUT2D eigenvalue weighted by Crippen LogP contribution is 2.19. The molecule has 2 aromatic rings. The molecule has 20 heavy (non-hydrogen) atoms. The van der Waals surface area contributed by atoms with Crippen LogP contribution < -0.4 is 11.1 Å². The summed E-state index contributed by atoms with van der Waals surface area (Å²) in [5.74, 6) is -0.461. The zero-order chi connectivity index (χ0) is 14.0. The molecule has 0 aliphatic heterocycles. The zero-order valence-corrected chi connectivity index (χ0v) is 11.9. The summed E-state index contributed by atoms with van der Waals surface area (Å²) in [6.45, 7) is 0.115. The van der Waals surface area contributed by atoms with Crippen LogP contribution in [-0.2, 0) is 16.6 Å². The Kier molecular flexibility index (Phi) is 5.43. The van der Waals surface area contributed by atoms with Gasteiger partial charge in [-0.1, -0.05) is 0 Å². The number of rotatable bonds is 4. The molecule has 0 radical (unpaired) electrons. The van der Waals surface area contributed by atoms with Crippen molar-refractivity contribution >= 4 is 35.3 Å². The number of ether oxygens (including phenoxy) is 1. The first-order chi connectivity index (χ1) is 9.02. The van der Waals surface area contributed by atoms with Gasteiger partial charge in [0, 0.05) is 20.2 Å². The maximum Gasteiger partial charge on any atom is 0.245 e. The lowest BCUT2D eigenvalue weighted by Crippen LogP contribution is -2.39. The Balaban J connectivity index is 0.00000200. The molecule has 0 fully saturated rings. The summed E-state index contributed by atoms with van der Waals surface area (Å²) >= 11 is 0. The number of aromatic nitrogens is 2. The number of anilines is 1. The van der Waals surface area contributed by atoms with Gasteiger partial charge in [0.05, 0.1) is 17.6 Å². The normalized spacial score (nSPS) is 12.0. The topological polar surface area (TPSA) is 82.2 Å². The Hall–Kier alpha value is -1.70. The maximum atomic E-state index is 13.1. The number of nitrogens with one attached hydrogen (secondary N) is 1. The number of aryl methyl sites for hydroxylation is 1. The van der Waals surface area contributed by atoms with Gasteiger partial charge in [-0.2, -0.15) is 0 Å².